The molecule has 0 saturated heterocycles. The van der Waals surface area contributed by atoms with Gasteiger partial charge < -0.3 is 5.11 Å². The normalized spacial score (nSPS) is 38.4. The Hall–Kier alpha value is -0.560. The largest absolute Gasteiger partial charge is 0.386 e. The summed E-state index contributed by atoms with van der Waals surface area (Å²) < 4.78 is 0. The second kappa shape index (κ2) is 5.57. The smallest absolute Gasteiger partial charge is 0.0797 e. The monoisotopic (exact) mass is 290 g/mol. The van der Waals surface area contributed by atoms with Gasteiger partial charge in [-0.15, -0.1) is 6.58 Å². The summed E-state index contributed by atoms with van der Waals surface area (Å²) in [5, 5.41) is 10.3. The van der Waals surface area contributed by atoms with Crippen molar-refractivity contribution in [2.24, 2.45) is 22.7 Å². The van der Waals surface area contributed by atoms with Crippen LogP contribution in [-0.2, 0) is 0 Å². The Morgan fingerprint density at radius 1 is 1.33 bits per heavy atom. The summed E-state index contributed by atoms with van der Waals surface area (Å²) in [4.78, 5) is 0. The molecule has 0 aromatic rings. The Morgan fingerprint density at radius 3 is 2.62 bits per heavy atom. The van der Waals surface area contributed by atoms with E-state index in [-0.39, 0.29) is 0 Å². The van der Waals surface area contributed by atoms with Gasteiger partial charge in [-0.2, -0.15) is 0 Å². The third kappa shape index (κ3) is 3.13. The van der Waals surface area contributed by atoms with Crippen molar-refractivity contribution in [3.63, 3.8) is 0 Å². The minimum absolute atomic E-state index is 0.369. The molecule has 0 aliphatic heterocycles. The zero-order valence-electron chi connectivity index (χ0n) is 14.5. The summed E-state index contributed by atoms with van der Waals surface area (Å²) in [6, 6.07) is 0. The second-order valence-electron chi connectivity index (χ2n) is 8.75. The number of hydrogen-bond acceptors (Lipinski definition) is 1. The Bertz CT molecular complexity index is 418. The molecule has 2 rings (SSSR count). The maximum atomic E-state index is 10.3. The van der Waals surface area contributed by atoms with Crippen LogP contribution in [0.25, 0.3) is 0 Å². The Morgan fingerprint density at radius 2 is 2.00 bits per heavy atom. The highest BCUT2D eigenvalue weighted by Crippen LogP contribution is 2.61. The first-order valence-corrected chi connectivity index (χ1v) is 8.66. The van der Waals surface area contributed by atoms with Crippen molar-refractivity contribution < 1.29 is 5.11 Å². The molecule has 0 aromatic carbocycles. The molecule has 0 heterocycles. The van der Waals surface area contributed by atoms with Crippen LogP contribution < -0.4 is 0 Å². The van der Waals surface area contributed by atoms with Gasteiger partial charge in [0.05, 0.1) is 5.60 Å². The molecule has 1 N–H and O–H groups in total. The molecule has 0 amide bonds. The number of allylic oxidation sites excluding steroid dienone is 1. The minimum Gasteiger partial charge on any atom is -0.386 e. The van der Waals surface area contributed by atoms with Gasteiger partial charge in [-0.1, -0.05) is 45.4 Å². The van der Waals surface area contributed by atoms with Crippen molar-refractivity contribution in [2.45, 2.75) is 78.2 Å². The van der Waals surface area contributed by atoms with Crippen LogP contribution in [0.4, 0.5) is 0 Å². The second-order valence-corrected chi connectivity index (χ2v) is 8.75. The molecule has 4 atom stereocenters. The van der Waals surface area contributed by atoms with Crippen LogP contribution in [0.3, 0.4) is 0 Å². The molecular weight excluding hydrogens is 256 g/mol. The van der Waals surface area contributed by atoms with Gasteiger partial charge in [-0.05, 0) is 68.1 Å². The highest BCUT2D eigenvalue weighted by atomic mass is 16.3. The van der Waals surface area contributed by atoms with Gasteiger partial charge in [0.25, 0.3) is 0 Å². The fraction of sp³-hybridized carbons (Fsp3) is 0.800. The van der Waals surface area contributed by atoms with Crippen molar-refractivity contribution in [1.29, 1.82) is 0 Å². The molecule has 1 nitrogen and oxygen atoms in total. The molecule has 2 saturated carbocycles. The van der Waals surface area contributed by atoms with Crippen LogP contribution in [0.5, 0.6) is 0 Å². The van der Waals surface area contributed by atoms with E-state index in [4.69, 9.17) is 0 Å². The van der Waals surface area contributed by atoms with E-state index in [9.17, 15) is 5.11 Å². The first-order chi connectivity index (χ1) is 9.62. The third-order valence-corrected chi connectivity index (χ3v) is 6.70. The molecule has 120 valence electrons. The quantitative estimate of drug-likeness (QED) is 0.678. The van der Waals surface area contributed by atoms with E-state index in [2.05, 4.69) is 33.9 Å². The number of hydrogen-bond donors (Lipinski definition) is 1. The lowest BCUT2D eigenvalue weighted by Gasteiger charge is -2.58. The number of fused-ring (bicyclic) bond motifs is 1. The van der Waals surface area contributed by atoms with Gasteiger partial charge in [0.2, 0.25) is 0 Å². The van der Waals surface area contributed by atoms with E-state index >= 15 is 0 Å². The van der Waals surface area contributed by atoms with Crippen LogP contribution in [0.15, 0.2) is 24.8 Å². The maximum absolute atomic E-state index is 10.3. The summed E-state index contributed by atoms with van der Waals surface area (Å²) in [7, 11) is 0. The molecule has 0 aromatic heterocycles. The molecule has 1 heteroatoms. The van der Waals surface area contributed by atoms with Crippen LogP contribution >= 0.6 is 0 Å². The van der Waals surface area contributed by atoms with Crippen molar-refractivity contribution in [3.8, 4) is 0 Å². The lowest BCUT2D eigenvalue weighted by Crippen LogP contribution is -2.49. The highest BCUT2D eigenvalue weighted by molar-refractivity contribution is 5.16. The Kier molecular flexibility index (Phi) is 4.46. The molecular formula is C20H34O. The zero-order valence-corrected chi connectivity index (χ0v) is 14.5. The standard InChI is InChI=1S/C20H34O/c1-7-19(5,21)14-11-16-15(2)9-10-17-18(3,4)12-8-13-20(16,17)6/h7,16-17,21H,1-2,8-14H2,3-6H3/t16-,17-,19+,20-/m1/s1. The molecule has 2 aliphatic rings. The molecule has 0 radical (unpaired) electrons. The topological polar surface area (TPSA) is 20.2 Å². The SMILES string of the molecule is C=C[C@](C)(O)CC[C@@H]1C(=C)CC[C@@H]2C(C)(C)CCC[C@]12C. The van der Waals surface area contributed by atoms with Crippen LogP contribution in [0, 0.1) is 22.7 Å². The number of aliphatic hydroxyl groups is 1. The highest BCUT2D eigenvalue weighted by Gasteiger charge is 2.52. The summed E-state index contributed by atoms with van der Waals surface area (Å²) in [6.07, 6.45) is 10.0. The average Bonchev–Trinajstić information content (AvgIpc) is 2.36. The fourth-order valence-corrected chi connectivity index (χ4v) is 5.35. The lowest BCUT2D eigenvalue weighted by atomic mass is 9.47. The van der Waals surface area contributed by atoms with Gasteiger partial charge >= 0.3 is 0 Å². The van der Waals surface area contributed by atoms with Crippen LogP contribution in [0.1, 0.15) is 72.6 Å². The molecule has 21 heavy (non-hydrogen) atoms. The van der Waals surface area contributed by atoms with E-state index in [1.165, 1.54) is 37.7 Å². The maximum Gasteiger partial charge on any atom is 0.0797 e. The summed E-state index contributed by atoms with van der Waals surface area (Å²) >= 11 is 0. The predicted molar refractivity (Wildman–Crippen MR) is 91.1 cm³/mol. The molecule has 2 aliphatic carbocycles. The summed E-state index contributed by atoms with van der Waals surface area (Å²) in [6.45, 7) is 17.4. The summed E-state index contributed by atoms with van der Waals surface area (Å²) in [5.74, 6) is 1.35. The van der Waals surface area contributed by atoms with Gasteiger partial charge in [-0.3, -0.25) is 0 Å². The Labute approximate surface area is 131 Å². The van der Waals surface area contributed by atoms with E-state index in [1.54, 1.807) is 6.08 Å². The molecule has 0 unspecified atom stereocenters. The minimum atomic E-state index is -0.742. The lowest BCUT2D eigenvalue weighted by molar-refractivity contribution is -0.0583. The Balaban J connectivity index is 2.21. The predicted octanol–water partition coefficient (Wildman–Crippen LogP) is 5.50. The third-order valence-electron chi connectivity index (χ3n) is 6.70. The van der Waals surface area contributed by atoms with Crippen molar-refractivity contribution in [3.05, 3.63) is 24.8 Å². The van der Waals surface area contributed by atoms with Gasteiger partial charge in [0.15, 0.2) is 0 Å². The molecule has 2 fully saturated rings. The molecule has 0 spiro atoms. The first kappa shape index (κ1) is 16.8. The van der Waals surface area contributed by atoms with Crippen LogP contribution in [-0.4, -0.2) is 10.7 Å². The van der Waals surface area contributed by atoms with Crippen LogP contribution in [0.2, 0.25) is 0 Å². The first-order valence-electron chi connectivity index (χ1n) is 8.66. The number of rotatable bonds is 4. The van der Waals surface area contributed by atoms with Gasteiger partial charge in [-0.25, -0.2) is 0 Å². The van der Waals surface area contributed by atoms with E-state index < -0.39 is 5.60 Å². The zero-order chi connectivity index (χ0) is 15.9. The molecule has 0 bridgehead atoms. The average molecular weight is 290 g/mol. The van der Waals surface area contributed by atoms with E-state index in [1.807, 2.05) is 6.92 Å². The van der Waals surface area contributed by atoms with Crippen molar-refractivity contribution in [1.82, 2.24) is 0 Å². The van der Waals surface area contributed by atoms with Gasteiger partial charge in [0, 0.05) is 0 Å². The van der Waals surface area contributed by atoms with E-state index in [0.717, 1.165) is 18.8 Å². The summed E-state index contributed by atoms with van der Waals surface area (Å²) in [5.41, 5.74) is 1.50. The fourth-order valence-electron chi connectivity index (χ4n) is 5.35. The van der Waals surface area contributed by atoms with Crippen molar-refractivity contribution >= 4 is 0 Å². The van der Waals surface area contributed by atoms with E-state index in [0.29, 0.717) is 16.7 Å². The van der Waals surface area contributed by atoms with Crippen molar-refractivity contribution in [2.75, 3.05) is 0 Å². The van der Waals surface area contributed by atoms with Gasteiger partial charge in [0.1, 0.15) is 0 Å².